The molecular formula is C21H20F2N4O2. The van der Waals surface area contributed by atoms with Crippen LogP contribution < -0.4 is 5.32 Å². The Morgan fingerprint density at radius 3 is 2.31 bits per heavy atom. The third-order valence-corrected chi connectivity index (χ3v) is 4.41. The van der Waals surface area contributed by atoms with Crippen LogP contribution in [-0.2, 0) is 11.3 Å². The first-order valence-corrected chi connectivity index (χ1v) is 8.93. The van der Waals surface area contributed by atoms with E-state index in [4.69, 9.17) is 0 Å². The second-order valence-electron chi connectivity index (χ2n) is 6.41. The Balaban J connectivity index is 1.82. The van der Waals surface area contributed by atoms with Gasteiger partial charge in [0.05, 0.1) is 6.54 Å². The van der Waals surface area contributed by atoms with Gasteiger partial charge in [-0.2, -0.15) is 8.78 Å². The molecule has 1 N–H and O–H groups in total. The summed E-state index contributed by atoms with van der Waals surface area (Å²) in [5, 5.41) is 2.74. The molecule has 3 rings (SSSR count). The highest BCUT2D eigenvalue weighted by molar-refractivity contribution is 5.97. The van der Waals surface area contributed by atoms with E-state index in [1.54, 1.807) is 60.7 Å². The number of rotatable bonds is 7. The van der Waals surface area contributed by atoms with Gasteiger partial charge in [-0.3, -0.25) is 14.2 Å². The van der Waals surface area contributed by atoms with Gasteiger partial charge in [0, 0.05) is 25.0 Å². The van der Waals surface area contributed by atoms with Gasteiger partial charge in [0.25, 0.3) is 5.91 Å². The average Bonchev–Trinajstić information content (AvgIpc) is 3.21. The van der Waals surface area contributed by atoms with E-state index in [2.05, 4.69) is 10.3 Å². The number of carbonyl (C=O) groups excluding carboxylic acids is 2. The van der Waals surface area contributed by atoms with E-state index >= 15 is 0 Å². The van der Waals surface area contributed by atoms with Gasteiger partial charge >= 0.3 is 6.55 Å². The van der Waals surface area contributed by atoms with Crippen LogP contribution in [0, 0.1) is 0 Å². The predicted molar refractivity (Wildman–Crippen MR) is 103 cm³/mol. The number of carbonyl (C=O) groups is 2. The molecule has 1 unspecified atom stereocenters. The molecule has 0 fully saturated rings. The van der Waals surface area contributed by atoms with E-state index < -0.39 is 24.4 Å². The molecule has 1 heterocycles. The highest BCUT2D eigenvalue weighted by atomic mass is 19.3. The van der Waals surface area contributed by atoms with Crippen LogP contribution in [-0.4, -0.2) is 33.3 Å². The lowest BCUT2D eigenvalue weighted by Crippen LogP contribution is -2.41. The number of imidazole rings is 1. The molecule has 1 aromatic heterocycles. The van der Waals surface area contributed by atoms with E-state index in [0.717, 1.165) is 6.20 Å². The number of amides is 2. The Labute approximate surface area is 166 Å². The maximum absolute atomic E-state index is 13.1. The quantitative estimate of drug-likeness (QED) is 0.663. The van der Waals surface area contributed by atoms with Crippen molar-refractivity contribution in [1.29, 1.82) is 0 Å². The van der Waals surface area contributed by atoms with Crippen molar-refractivity contribution >= 4 is 11.8 Å². The third kappa shape index (κ3) is 4.84. The maximum Gasteiger partial charge on any atom is 0.319 e. The molecule has 6 nitrogen and oxygen atoms in total. The number of hydrogen-bond acceptors (Lipinski definition) is 3. The fraction of sp³-hybridized carbons (Fsp3) is 0.190. The first-order valence-electron chi connectivity index (χ1n) is 8.93. The van der Waals surface area contributed by atoms with E-state index in [1.165, 1.54) is 18.1 Å². The van der Waals surface area contributed by atoms with Crippen molar-refractivity contribution in [3.63, 3.8) is 0 Å². The van der Waals surface area contributed by atoms with Crippen LogP contribution in [0.5, 0.6) is 0 Å². The maximum atomic E-state index is 13.1. The fourth-order valence-electron chi connectivity index (χ4n) is 2.89. The lowest BCUT2D eigenvalue weighted by atomic mass is 10.0. The number of aromatic nitrogens is 2. The Morgan fingerprint density at radius 1 is 1.07 bits per heavy atom. The Hall–Kier alpha value is -3.55. The molecule has 0 radical (unpaired) electrons. The number of hydrogen-bond donors (Lipinski definition) is 1. The lowest BCUT2D eigenvalue weighted by Gasteiger charge is -2.25. The number of likely N-dealkylation sites (N-methyl/N-ethyl adjacent to an activating group) is 1. The van der Waals surface area contributed by atoms with Crippen molar-refractivity contribution in [1.82, 2.24) is 19.8 Å². The molecule has 1 atom stereocenters. The summed E-state index contributed by atoms with van der Waals surface area (Å²) in [6, 6.07) is 16.3. The van der Waals surface area contributed by atoms with Crippen molar-refractivity contribution in [2.75, 3.05) is 7.05 Å². The second kappa shape index (κ2) is 9.09. The zero-order valence-corrected chi connectivity index (χ0v) is 15.7. The topological polar surface area (TPSA) is 67.2 Å². The molecule has 0 saturated heterocycles. The molecule has 2 amide bonds. The van der Waals surface area contributed by atoms with Gasteiger partial charge in [0.1, 0.15) is 11.9 Å². The van der Waals surface area contributed by atoms with Gasteiger partial charge < -0.3 is 10.2 Å². The summed E-state index contributed by atoms with van der Waals surface area (Å²) in [5.41, 5.74) is 1.00. The molecule has 0 bridgehead atoms. The van der Waals surface area contributed by atoms with E-state index in [0.29, 0.717) is 15.7 Å². The van der Waals surface area contributed by atoms with Crippen LogP contribution in [0.15, 0.2) is 73.1 Å². The smallest absolute Gasteiger partial charge is 0.319 e. The van der Waals surface area contributed by atoms with Crippen LogP contribution in [0.4, 0.5) is 8.78 Å². The summed E-state index contributed by atoms with van der Waals surface area (Å²) in [6.45, 7) is -2.88. The zero-order valence-electron chi connectivity index (χ0n) is 15.7. The molecular weight excluding hydrogens is 378 g/mol. The number of halogens is 2. The highest BCUT2D eigenvalue weighted by Crippen LogP contribution is 2.19. The van der Waals surface area contributed by atoms with Gasteiger partial charge in [0.2, 0.25) is 5.91 Å². The molecule has 3 aromatic rings. The Kier molecular flexibility index (Phi) is 6.33. The van der Waals surface area contributed by atoms with E-state index in [-0.39, 0.29) is 12.4 Å². The standard InChI is InChI=1S/C21H20F2N4O2/c1-26(14-17-24-12-13-27(17)21(22)23)20(29)18(15-8-4-2-5-9-15)25-19(28)16-10-6-3-7-11-16/h2-13,18,21H,14H2,1H3,(H,25,28). The minimum absolute atomic E-state index is 0.0528. The molecule has 0 aliphatic carbocycles. The van der Waals surface area contributed by atoms with Crippen LogP contribution in [0.25, 0.3) is 0 Å². The van der Waals surface area contributed by atoms with Crippen LogP contribution in [0.1, 0.15) is 34.3 Å². The predicted octanol–water partition coefficient (Wildman–Crippen LogP) is 3.41. The zero-order chi connectivity index (χ0) is 20.8. The second-order valence-corrected chi connectivity index (χ2v) is 6.41. The number of nitrogens with zero attached hydrogens (tertiary/aromatic N) is 3. The summed E-state index contributed by atoms with van der Waals surface area (Å²) in [4.78, 5) is 30.9. The average molecular weight is 398 g/mol. The summed E-state index contributed by atoms with van der Waals surface area (Å²) >= 11 is 0. The van der Waals surface area contributed by atoms with Crippen LogP contribution in [0.3, 0.4) is 0 Å². The molecule has 0 spiro atoms. The largest absolute Gasteiger partial charge is 0.336 e. The fourth-order valence-corrected chi connectivity index (χ4v) is 2.89. The van der Waals surface area contributed by atoms with Crippen molar-refractivity contribution in [3.8, 4) is 0 Å². The van der Waals surface area contributed by atoms with Crippen molar-refractivity contribution in [3.05, 3.63) is 90.0 Å². The van der Waals surface area contributed by atoms with Crippen molar-refractivity contribution < 1.29 is 18.4 Å². The minimum Gasteiger partial charge on any atom is -0.336 e. The number of benzene rings is 2. The van der Waals surface area contributed by atoms with Gasteiger partial charge in [-0.15, -0.1) is 0 Å². The molecule has 29 heavy (non-hydrogen) atoms. The number of alkyl halides is 2. The van der Waals surface area contributed by atoms with Crippen LogP contribution >= 0.6 is 0 Å². The first kappa shape index (κ1) is 20.2. The molecule has 2 aromatic carbocycles. The summed E-state index contributed by atoms with van der Waals surface area (Å²) in [7, 11) is 1.48. The Morgan fingerprint density at radius 2 is 1.69 bits per heavy atom. The van der Waals surface area contributed by atoms with E-state index in [9.17, 15) is 18.4 Å². The van der Waals surface area contributed by atoms with Crippen molar-refractivity contribution in [2.45, 2.75) is 19.1 Å². The Bertz CT molecular complexity index is 961. The van der Waals surface area contributed by atoms with Gasteiger partial charge in [-0.1, -0.05) is 48.5 Å². The highest BCUT2D eigenvalue weighted by Gasteiger charge is 2.27. The molecule has 0 saturated carbocycles. The normalized spacial score (nSPS) is 11.9. The third-order valence-electron chi connectivity index (χ3n) is 4.41. The molecule has 150 valence electrons. The van der Waals surface area contributed by atoms with Gasteiger partial charge in [0.15, 0.2) is 0 Å². The monoisotopic (exact) mass is 398 g/mol. The van der Waals surface area contributed by atoms with Crippen molar-refractivity contribution in [2.24, 2.45) is 0 Å². The van der Waals surface area contributed by atoms with Crippen LogP contribution in [0.2, 0.25) is 0 Å². The van der Waals surface area contributed by atoms with Gasteiger partial charge in [-0.25, -0.2) is 4.98 Å². The van der Waals surface area contributed by atoms with E-state index in [1.807, 2.05) is 0 Å². The molecule has 8 heteroatoms. The SMILES string of the molecule is CN(Cc1nccn1C(F)F)C(=O)C(NC(=O)c1ccccc1)c1ccccc1. The minimum atomic E-state index is -2.75. The first-order chi connectivity index (χ1) is 14.0. The summed E-state index contributed by atoms with van der Waals surface area (Å²) in [5.74, 6) is -0.795. The summed E-state index contributed by atoms with van der Waals surface area (Å²) < 4.78 is 26.8. The van der Waals surface area contributed by atoms with Gasteiger partial charge in [-0.05, 0) is 17.7 Å². The summed E-state index contributed by atoms with van der Waals surface area (Å²) in [6.07, 6.45) is 2.41. The number of nitrogens with one attached hydrogen (secondary N) is 1. The molecule has 0 aliphatic heterocycles. The molecule has 0 aliphatic rings. The lowest BCUT2D eigenvalue weighted by molar-refractivity contribution is -0.132.